The van der Waals surface area contributed by atoms with Crippen molar-refractivity contribution >= 4 is 5.91 Å². The Morgan fingerprint density at radius 2 is 1.90 bits per heavy atom. The number of halogens is 1. The maximum atomic E-state index is 13.1. The van der Waals surface area contributed by atoms with Crippen molar-refractivity contribution in [2.75, 3.05) is 0 Å². The van der Waals surface area contributed by atoms with Crippen molar-refractivity contribution in [2.24, 2.45) is 5.92 Å². The fraction of sp³-hybridized carbons (Fsp3) is 0.278. The largest absolute Gasteiger partial charge is 0.345 e. The molecule has 0 saturated heterocycles. The van der Waals surface area contributed by atoms with E-state index in [0.29, 0.717) is 17.0 Å². The second-order valence-electron chi connectivity index (χ2n) is 5.66. The number of nitrogens with one attached hydrogen (secondary N) is 1. The molecule has 1 N–H and O–H groups in total. The lowest BCUT2D eigenvalue weighted by Gasteiger charge is -2.19. The molecular formula is C18H18FNO. The van der Waals surface area contributed by atoms with Crippen molar-refractivity contribution in [2.45, 2.75) is 25.8 Å². The summed E-state index contributed by atoms with van der Waals surface area (Å²) in [4.78, 5) is 12.5. The first-order valence-electron chi connectivity index (χ1n) is 7.27. The monoisotopic (exact) mass is 283 g/mol. The van der Waals surface area contributed by atoms with Gasteiger partial charge < -0.3 is 5.32 Å². The summed E-state index contributed by atoms with van der Waals surface area (Å²) in [5, 5.41) is 3.11. The molecule has 0 spiro atoms. The summed E-state index contributed by atoms with van der Waals surface area (Å²) in [5.74, 6) is 0.0659. The molecule has 0 aliphatic heterocycles. The molecule has 0 aromatic heterocycles. The highest BCUT2D eigenvalue weighted by molar-refractivity contribution is 5.95. The van der Waals surface area contributed by atoms with Crippen LogP contribution in [0.2, 0.25) is 0 Å². The third-order valence-electron chi connectivity index (χ3n) is 3.97. The molecule has 1 unspecified atom stereocenters. The highest BCUT2D eigenvalue weighted by Crippen LogP contribution is 2.41. The number of carbonyl (C=O) groups is 1. The van der Waals surface area contributed by atoms with E-state index in [1.807, 2.05) is 30.3 Å². The molecule has 2 aromatic rings. The Bertz CT molecular complexity index is 650. The van der Waals surface area contributed by atoms with E-state index in [0.717, 1.165) is 18.4 Å². The van der Waals surface area contributed by atoms with Crippen LogP contribution in [-0.2, 0) is 0 Å². The van der Waals surface area contributed by atoms with E-state index in [2.05, 4.69) is 5.32 Å². The number of amides is 1. The van der Waals surface area contributed by atoms with Gasteiger partial charge in [-0.3, -0.25) is 4.79 Å². The Morgan fingerprint density at radius 1 is 1.19 bits per heavy atom. The van der Waals surface area contributed by atoms with Crippen molar-refractivity contribution in [3.8, 4) is 0 Å². The van der Waals surface area contributed by atoms with E-state index in [1.165, 1.54) is 12.1 Å². The Kier molecular flexibility index (Phi) is 3.74. The fourth-order valence-electron chi connectivity index (χ4n) is 2.66. The number of benzene rings is 2. The first-order chi connectivity index (χ1) is 10.1. The molecule has 1 saturated carbocycles. The first-order valence-corrected chi connectivity index (χ1v) is 7.27. The molecule has 1 aliphatic carbocycles. The van der Waals surface area contributed by atoms with Gasteiger partial charge in [0.15, 0.2) is 0 Å². The summed E-state index contributed by atoms with van der Waals surface area (Å²) in [6.45, 7) is 1.76. The molecule has 3 heteroatoms. The maximum absolute atomic E-state index is 13.1. The van der Waals surface area contributed by atoms with Gasteiger partial charge in [0.2, 0.25) is 0 Å². The molecule has 0 radical (unpaired) electrons. The van der Waals surface area contributed by atoms with Crippen LogP contribution in [-0.4, -0.2) is 5.91 Å². The van der Waals surface area contributed by atoms with Gasteiger partial charge in [-0.25, -0.2) is 4.39 Å². The number of carbonyl (C=O) groups excluding carboxylic acids is 1. The van der Waals surface area contributed by atoms with Crippen LogP contribution in [0.25, 0.3) is 0 Å². The summed E-state index contributed by atoms with van der Waals surface area (Å²) in [5.41, 5.74) is 2.33. The molecule has 3 rings (SSSR count). The number of hydrogen-bond acceptors (Lipinski definition) is 1. The summed E-state index contributed by atoms with van der Waals surface area (Å²) < 4.78 is 13.1. The average molecular weight is 283 g/mol. The van der Waals surface area contributed by atoms with Gasteiger partial charge in [-0.05, 0) is 55.0 Å². The number of rotatable bonds is 4. The van der Waals surface area contributed by atoms with E-state index in [-0.39, 0.29) is 17.8 Å². The summed E-state index contributed by atoms with van der Waals surface area (Å²) in [6.07, 6.45) is 2.28. The lowest BCUT2D eigenvalue weighted by atomic mass is 10.0. The average Bonchev–Trinajstić information content (AvgIpc) is 3.30. The van der Waals surface area contributed by atoms with Gasteiger partial charge in [0.05, 0.1) is 6.04 Å². The Hall–Kier alpha value is -2.16. The molecule has 1 amide bonds. The molecule has 1 aliphatic rings. The standard InChI is InChI=1S/C18H18FNO/c1-12-11-15(19)9-10-16(12)18(21)20-17(14-7-8-14)13-5-3-2-4-6-13/h2-6,9-11,14,17H,7-8H2,1H3,(H,20,21). The minimum absolute atomic E-state index is 0.0446. The van der Waals surface area contributed by atoms with Crippen LogP contribution in [0.1, 0.15) is 40.4 Å². The minimum atomic E-state index is -0.314. The second-order valence-corrected chi connectivity index (χ2v) is 5.66. The lowest BCUT2D eigenvalue weighted by Crippen LogP contribution is -2.30. The van der Waals surface area contributed by atoms with E-state index < -0.39 is 0 Å². The molecule has 0 heterocycles. The van der Waals surface area contributed by atoms with E-state index in [4.69, 9.17) is 0 Å². The fourth-order valence-corrected chi connectivity index (χ4v) is 2.66. The minimum Gasteiger partial charge on any atom is -0.345 e. The molecule has 2 nitrogen and oxygen atoms in total. The third kappa shape index (κ3) is 3.13. The highest BCUT2D eigenvalue weighted by atomic mass is 19.1. The van der Waals surface area contributed by atoms with Crippen molar-refractivity contribution in [3.63, 3.8) is 0 Å². The molecule has 108 valence electrons. The Labute approximate surface area is 124 Å². The first kappa shape index (κ1) is 13.8. The quantitative estimate of drug-likeness (QED) is 0.902. The lowest BCUT2D eigenvalue weighted by molar-refractivity contribution is 0.0931. The normalized spacial score (nSPS) is 15.5. The zero-order valence-corrected chi connectivity index (χ0v) is 12.0. The van der Waals surface area contributed by atoms with Crippen LogP contribution in [0.4, 0.5) is 4.39 Å². The second kappa shape index (κ2) is 5.68. The van der Waals surface area contributed by atoms with Crippen molar-refractivity contribution < 1.29 is 9.18 Å². The third-order valence-corrected chi connectivity index (χ3v) is 3.97. The van der Waals surface area contributed by atoms with Crippen LogP contribution in [0.3, 0.4) is 0 Å². The predicted octanol–water partition coefficient (Wildman–Crippen LogP) is 4.02. The van der Waals surface area contributed by atoms with Crippen LogP contribution >= 0.6 is 0 Å². The van der Waals surface area contributed by atoms with Crippen molar-refractivity contribution in [1.82, 2.24) is 5.32 Å². The van der Waals surface area contributed by atoms with Crippen LogP contribution in [0.15, 0.2) is 48.5 Å². The molecule has 1 atom stereocenters. The highest BCUT2D eigenvalue weighted by Gasteiger charge is 2.33. The molecule has 2 aromatic carbocycles. The Morgan fingerprint density at radius 3 is 2.52 bits per heavy atom. The summed E-state index contributed by atoms with van der Waals surface area (Å²) in [6, 6.07) is 14.3. The smallest absolute Gasteiger partial charge is 0.252 e. The van der Waals surface area contributed by atoms with E-state index in [1.54, 1.807) is 13.0 Å². The number of aryl methyl sites for hydroxylation is 1. The SMILES string of the molecule is Cc1cc(F)ccc1C(=O)NC(c1ccccc1)C1CC1. The Balaban J connectivity index is 1.81. The topological polar surface area (TPSA) is 29.1 Å². The zero-order chi connectivity index (χ0) is 14.8. The van der Waals surface area contributed by atoms with Gasteiger partial charge in [0.25, 0.3) is 5.91 Å². The molecule has 21 heavy (non-hydrogen) atoms. The van der Waals surface area contributed by atoms with Crippen molar-refractivity contribution in [3.05, 3.63) is 71.0 Å². The van der Waals surface area contributed by atoms with E-state index >= 15 is 0 Å². The zero-order valence-electron chi connectivity index (χ0n) is 12.0. The van der Waals surface area contributed by atoms with Gasteiger partial charge in [0.1, 0.15) is 5.82 Å². The summed E-state index contributed by atoms with van der Waals surface area (Å²) in [7, 11) is 0. The summed E-state index contributed by atoms with van der Waals surface area (Å²) >= 11 is 0. The predicted molar refractivity (Wildman–Crippen MR) is 80.5 cm³/mol. The van der Waals surface area contributed by atoms with Gasteiger partial charge in [-0.15, -0.1) is 0 Å². The van der Waals surface area contributed by atoms with Gasteiger partial charge in [-0.2, -0.15) is 0 Å². The van der Waals surface area contributed by atoms with Crippen LogP contribution in [0, 0.1) is 18.7 Å². The molecule has 0 bridgehead atoms. The van der Waals surface area contributed by atoms with Crippen LogP contribution < -0.4 is 5.32 Å². The molecular weight excluding hydrogens is 265 g/mol. The van der Waals surface area contributed by atoms with Gasteiger partial charge in [-0.1, -0.05) is 30.3 Å². The van der Waals surface area contributed by atoms with Crippen molar-refractivity contribution in [1.29, 1.82) is 0 Å². The number of hydrogen-bond donors (Lipinski definition) is 1. The van der Waals surface area contributed by atoms with E-state index in [9.17, 15) is 9.18 Å². The molecule has 1 fully saturated rings. The van der Waals surface area contributed by atoms with Gasteiger partial charge in [0, 0.05) is 5.56 Å². The van der Waals surface area contributed by atoms with Crippen LogP contribution in [0.5, 0.6) is 0 Å². The maximum Gasteiger partial charge on any atom is 0.252 e. The van der Waals surface area contributed by atoms with Gasteiger partial charge >= 0.3 is 0 Å².